The maximum absolute atomic E-state index is 13.1. The summed E-state index contributed by atoms with van der Waals surface area (Å²) in [5, 5.41) is 5.50. The first-order valence-electron chi connectivity index (χ1n) is 11.4. The molecule has 3 aromatic rings. The Balaban J connectivity index is 1.43. The fourth-order valence-corrected chi connectivity index (χ4v) is 4.07. The monoisotopic (exact) mass is 511 g/mol. The molecule has 0 spiro atoms. The van der Waals surface area contributed by atoms with Gasteiger partial charge in [-0.2, -0.15) is 13.2 Å². The van der Waals surface area contributed by atoms with Gasteiger partial charge in [-0.05, 0) is 48.0 Å². The van der Waals surface area contributed by atoms with E-state index in [-0.39, 0.29) is 36.4 Å². The van der Waals surface area contributed by atoms with Crippen LogP contribution in [0.5, 0.6) is 5.75 Å². The number of rotatable bonds is 7. The second-order valence-corrected chi connectivity index (χ2v) is 8.52. The molecule has 1 fully saturated rings. The molecule has 0 bridgehead atoms. The molecule has 192 valence electrons. The third kappa shape index (κ3) is 6.08. The lowest BCUT2D eigenvalue weighted by Gasteiger charge is -2.18. The summed E-state index contributed by atoms with van der Waals surface area (Å²) < 4.78 is 44.4. The fourth-order valence-electron chi connectivity index (χ4n) is 4.07. The molecule has 4 rings (SSSR count). The summed E-state index contributed by atoms with van der Waals surface area (Å²) in [4.78, 5) is 39.5. The molecule has 2 N–H and O–H groups in total. The van der Waals surface area contributed by atoms with Crippen LogP contribution in [0, 0.1) is 5.92 Å². The number of nitrogens with zero attached hydrogens (tertiary/aromatic N) is 1. The zero-order valence-electron chi connectivity index (χ0n) is 19.8. The minimum Gasteiger partial charge on any atom is -0.497 e. The smallest absolute Gasteiger partial charge is 0.416 e. The van der Waals surface area contributed by atoms with Crippen LogP contribution in [-0.2, 0) is 22.3 Å². The Morgan fingerprint density at radius 2 is 1.78 bits per heavy atom. The van der Waals surface area contributed by atoms with E-state index in [4.69, 9.17) is 4.74 Å². The molecule has 10 heteroatoms. The second-order valence-electron chi connectivity index (χ2n) is 8.52. The van der Waals surface area contributed by atoms with Crippen molar-refractivity contribution in [3.63, 3.8) is 0 Å². The number of ether oxygens (including phenoxy) is 1. The van der Waals surface area contributed by atoms with Gasteiger partial charge in [-0.15, -0.1) is 0 Å². The highest BCUT2D eigenvalue weighted by molar-refractivity contribution is 6.07. The van der Waals surface area contributed by atoms with E-state index in [9.17, 15) is 27.6 Å². The van der Waals surface area contributed by atoms with E-state index < -0.39 is 35.4 Å². The number of carbonyl (C=O) groups is 3. The highest BCUT2D eigenvalue weighted by Gasteiger charge is 2.37. The number of halogens is 3. The van der Waals surface area contributed by atoms with Gasteiger partial charge in [0.1, 0.15) is 5.75 Å². The van der Waals surface area contributed by atoms with Crippen LogP contribution in [0.3, 0.4) is 0 Å². The van der Waals surface area contributed by atoms with Crippen LogP contribution >= 0.6 is 0 Å². The Bertz CT molecular complexity index is 1330. The summed E-state index contributed by atoms with van der Waals surface area (Å²) in [7, 11) is 1.55. The van der Waals surface area contributed by atoms with E-state index in [1.165, 1.54) is 17.0 Å². The Morgan fingerprint density at radius 3 is 2.54 bits per heavy atom. The number of benzene rings is 3. The van der Waals surface area contributed by atoms with E-state index in [0.29, 0.717) is 5.75 Å². The number of alkyl halides is 3. The van der Waals surface area contributed by atoms with E-state index >= 15 is 0 Å². The SMILES string of the molecule is COc1cccc(CNC(=O)c2ccccc2NC(=O)[C@H]2CC(=O)N(c3cccc(C(F)(F)F)c3)C2)c1. The normalized spacial score (nSPS) is 15.4. The van der Waals surface area contributed by atoms with Crippen LogP contribution in [0.2, 0.25) is 0 Å². The predicted molar refractivity (Wildman–Crippen MR) is 131 cm³/mol. The van der Waals surface area contributed by atoms with E-state index in [0.717, 1.165) is 17.7 Å². The van der Waals surface area contributed by atoms with Crippen LogP contribution in [0.4, 0.5) is 24.5 Å². The standard InChI is InChI=1S/C27H24F3N3O4/c1-37-21-9-4-6-17(12-21)15-31-26(36)22-10-2-3-11-23(22)32-25(35)18-13-24(34)33(16-18)20-8-5-7-19(14-20)27(28,29)30/h2-12,14,18H,13,15-16H2,1H3,(H,31,36)(H,32,35)/t18-/m0/s1. The predicted octanol–water partition coefficient (Wildman–Crippen LogP) is 4.64. The number of nitrogens with one attached hydrogen (secondary N) is 2. The van der Waals surface area contributed by atoms with Crippen LogP contribution in [0.1, 0.15) is 27.9 Å². The molecule has 3 aromatic carbocycles. The maximum atomic E-state index is 13.1. The van der Waals surface area contributed by atoms with Gasteiger partial charge < -0.3 is 20.3 Å². The van der Waals surface area contributed by atoms with Crippen LogP contribution in [0.25, 0.3) is 0 Å². The Labute approximate surface area is 211 Å². The summed E-state index contributed by atoms with van der Waals surface area (Å²) in [5.74, 6) is -1.51. The molecule has 0 aromatic heterocycles. The summed E-state index contributed by atoms with van der Waals surface area (Å²) in [6.07, 6.45) is -4.71. The summed E-state index contributed by atoms with van der Waals surface area (Å²) in [6.45, 7) is 0.164. The molecule has 1 atom stereocenters. The summed E-state index contributed by atoms with van der Waals surface area (Å²) in [5.41, 5.74) is 0.527. The Morgan fingerprint density at radius 1 is 1.03 bits per heavy atom. The van der Waals surface area contributed by atoms with E-state index in [2.05, 4.69) is 10.6 Å². The van der Waals surface area contributed by atoms with Gasteiger partial charge in [0.2, 0.25) is 11.8 Å². The van der Waals surface area contributed by atoms with Gasteiger partial charge in [0.05, 0.1) is 29.8 Å². The van der Waals surface area contributed by atoms with Crippen molar-refractivity contribution in [1.29, 1.82) is 0 Å². The largest absolute Gasteiger partial charge is 0.497 e. The second kappa shape index (κ2) is 10.7. The zero-order valence-corrected chi connectivity index (χ0v) is 19.8. The third-order valence-corrected chi connectivity index (χ3v) is 6.00. The van der Waals surface area contributed by atoms with Gasteiger partial charge in [-0.3, -0.25) is 14.4 Å². The molecule has 0 radical (unpaired) electrons. The summed E-state index contributed by atoms with van der Waals surface area (Å²) in [6, 6.07) is 18.1. The first-order chi connectivity index (χ1) is 17.7. The van der Waals surface area contributed by atoms with Crippen LogP contribution < -0.4 is 20.3 Å². The lowest BCUT2D eigenvalue weighted by atomic mass is 10.1. The highest BCUT2D eigenvalue weighted by Crippen LogP contribution is 2.33. The van der Waals surface area contributed by atoms with Crippen molar-refractivity contribution in [2.24, 2.45) is 5.92 Å². The van der Waals surface area contributed by atoms with Crippen molar-refractivity contribution in [2.45, 2.75) is 19.1 Å². The molecule has 1 saturated heterocycles. The maximum Gasteiger partial charge on any atom is 0.416 e. The number of anilines is 2. The van der Waals surface area contributed by atoms with Crippen molar-refractivity contribution >= 4 is 29.1 Å². The molecular weight excluding hydrogens is 487 g/mol. The minimum atomic E-state index is -4.55. The van der Waals surface area contributed by atoms with Crippen LogP contribution in [-0.4, -0.2) is 31.4 Å². The van der Waals surface area contributed by atoms with Crippen molar-refractivity contribution in [3.8, 4) is 5.75 Å². The van der Waals surface area contributed by atoms with Crippen molar-refractivity contribution in [2.75, 3.05) is 23.9 Å². The molecule has 0 aliphatic carbocycles. The van der Waals surface area contributed by atoms with Gasteiger partial charge in [0, 0.05) is 25.2 Å². The molecule has 0 saturated carbocycles. The lowest BCUT2D eigenvalue weighted by molar-refractivity contribution is -0.137. The molecule has 3 amide bonds. The average Bonchev–Trinajstić information content (AvgIpc) is 3.29. The fraction of sp³-hybridized carbons (Fsp3) is 0.222. The Kier molecular flexibility index (Phi) is 7.47. The van der Waals surface area contributed by atoms with Gasteiger partial charge in [0.15, 0.2) is 0 Å². The number of amides is 3. The highest BCUT2D eigenvalue weighted by atomic mass is 19.4. The van der Waals surface area contributed by atoms with Crippen molar-refractivity contribution < 1.29 is 32.3 Å². The summed E-state index contributed by atoms with van der Waals surface area (Å²) >= 11 is 0. The number of hydrogen-bond donors (Lipinski definition) is 2. The van der Waals surface area contributed by atoms with Gasteiger partial charge >= 0.3 is 6.18 Å². The number of methoxy groups -OCH3 is 1. The van der Waals surface area contributed by atoms with E-state index in [1.54, 1.807) is 49.6 Å². The molecular formula is C27H24F3N3O4. The third-order valence-electron chi connectivity index (χ3n) is 6.00. The molecule has 37 heavy (non-hydrogen) atoms. The first-order valence-corrected chi connectivity index (χ1v) is 11.4. The van der Waals surface area contributed by atoms with Gasteiger partial charge in [0.25, 0.3) is 5.91 Å². The zero-order chi connectivity index (χ0) is 26.6. The first kappa shape index (κ1) is 25.7. The molecule has 1 aliphatic rings. The Hall–Kier alpha value is -4.34. The van der Waals surface area contributed by atoms with Crippen LogP contribution in [0.15, 0.2) is 72.8 Å². The lowest BCUT2D eigenvalue weighted by Crippen LogP contribution is -2.29. The topological polar surface area (TPSA) is 87.7 Å². The molecule has 1 heterocycles. The average molecular weight is 512 g/mol. The van der Waals surface area contributed by atoms with Gasteiger partial charge in [-0.1, -0.05) is 30.3 Å². The number of para-hydroxylation sites is 1. The minimum absolute atomic E-state index is 0.0732. The van der Waals surface area contributed by atoms with Crippen molar-refractivity contribution in [1.82, 2.24) is 5.32 Å². The van der Waals surface area contributed by atoms with E-state index in [1.807, 2.05) is 6.07 Å². The molecule has 1 aliphatic heterocycles. The molecule has 0 unspecified atom stereocenters. The van der Waals surface area contributed by atoms with Gasteiger partial charge in [-0.25, -0.2) is 0 Å². The number of carbonyl (C=O) groups excluding carboxylic acids is 3. The van der Waals surface area contributed by atoms with Crippen molar-refractivity contribution in [3.05, 3.63) is 89.5 Å². The number of hydrogen-bond acceptors (Lipinski definition) is 4. The quantitative estimate of drug-likeness (QED) is 0.484. The molecule has 7 nitrogen and oxygen atoms in total.